The van der Waals surface area contributed by atoms with Gasteiger partial charge in [0.1, 0.15) is 5.60 Å². The van der Waals surface area contributed by atoms with Crippen LogP contribution in [0, 0.1) is 0 Å². The molecule has 2 atom stereocenters. The molecule has 1 aliphatic rings. The molecule has 0 saturated carbocycles. The Morgan fingerprint density at radius 1 is 1.90 bits per heavy atom. The summed E-state index contributed by atoms with van der Waals surface area (Å²) in [5.74, 6) is 0. The van der Waals surface area contributed by atoms with Crippen molar-refractivity contribution in [1.29, 1.82) is 0 Å². The largest absolute Gasteiger partial charge is 0.380 e. The Hall–Kier alpha value is -0.450. The van der Waals surface area contributed by atoms with E-state index >= 15 is 0 Å². The second-order valence-corrected chi connectivity index (χ2v) is 2.40. The van der Waals surface area contributed by atoms with Crippen LogP contribution in [0.5, 0.6) is 0 Å². The zero-order chi connectivity index (χ0) is 7.61. The van der Waals surface area contributed by atoms with E-state index in [0.717, 1.165) is 0 Å². The quantitative estimate of drug-likeness (QED) is 0.524. The third-order valence-electron chi connectivity index (χ3n) is 1.52. The topological polar surface area (TPSA) is 55.8 Å². The van der Waals surface area contributed by atoms with Crippen molar-refractivity contribution in [2.45, 2.75) is 18.3 Å². The van der Waals surface area contributed by atoms with Crippen molar-refractivity contribution in [2.75, 3.05) is 13.7 Å². The van der Waals surface area contributed by atoms with Crippen molar-refractivity contribution in [3.63, 3.8) is 0 Å². The van der Waals surface area contributed by atoms with E-state index < -0.39 is 11.9 Å². The molecule has 0 radical (unpaired) electrons. The van der Waals surface area contributed by atoms with Crippen LogP contribution < -0.4 is 0 Å². The number of ether oxygens (including phenoxy) is 2. The standard InChI is InChI=1S/C6H10O4/c1-9-5-2-6(8,3-7)4-10-5/h3,5,8H,2,4H2,1H3. The van der Waals surface area contributed by atoms with Crippen LogP contribution >= 0.6 is 0 Å². The Balaban J connectivity index is 2.48. The Bertz CT molecular complexity index is 136. The van der Waals surface area contributed by atoms with E-state index in [-0.39, 0.29) is 13.0 Å². The first kappa shape index (κ1) is 7.65. The van der Waals surface area contributed by atoms with Crippen LogP contribution in [0.25, 0.3) is 0 Å². The van der Waals surface area contributed by atoms with E-state index in [1.54, 1.807) is 0 Å². The molecular formula is C6H10O4. The van der Waals surface area contributed by atoms with E-state index in [0.29, 0.717) is 6.29 Å². The van der Waals surface area contributed by atoms with Crippen LogP contribution in [0.1, 0.15) is 6.42 Å². The average Bonchev–Trinajstić information content (AvgIpc) is 2.33. The highest BCUT2D eigenvalue weighted by Crippen LogP contribution is 2.21. The molecule has 10 heavy (non-hydrogen) atoms. The number of methoxy groups -OCH3 is 1. The van der Waals surface area contributed by atoms with Crippen molar-refractivity contribution in [1.82, 2.24) is 0 Å². The van der Waals surface area contributed by atoms with Crippen molar-refractivity contribution in [2.24, 2.45) is 0 Å². The van der Waals surface area contributed by atoms with E-state index in [9.17, 15) is 9.90 Å². The van der Waals surface area contributed by atoms with Gasteiger partial charge in [0.15, 0.2) is 12.6 Å². The van der Waals surface area contributed by atoms with Crippen LogP contribution in [0.3, 0.4) is 0 Å². The van der Waals surface area contributed by atoms with E-state index in [1.165, 1.54) is 7.11 Å². The summed E-state index contributed by atoms with van der Waals surface area (Å²) >= 11 is 0. The summed E-state index contributed by atoms with van der Waals surface area (Å²) < 4.78 is 9.67. The number of hydrogen-bond acceptors (Lipinski definition) is 4. The summed E-state index contributed by atoms with van der Waals surface area (Å²) in [4.78, 5) is 10.2. The summed E-state index contributed by atoms with van der Waals surface area (Å²) in [5.41, 5.74) is -1.32. The van der Waals surface area contributed by atoms with Crippen LogP contribution in [0.15, 0.2) is 0 Å². The second kappa shape index (κ2) is 2.65. The predicted molar refractivity (Wildman–Crippen MR) is 32.4 cm³/mol. The SMILES string of the molecule is COC1CC(O)(C=O)CO1. The number of carbonyl (C=O) groups excluding carboxylic acids is 1. The van der Waals surface area contributed by atoms with Crippen LogP contribution in [-0.4, -0.2) is 37.0 Å². The lowest BCUT2D eigenvalue weighted by atomic mass is 10.1. The Kier molecular flexibility index (Phi) is 2.03. The molecule has 0 aromatic carbocycles. The monoisotopic (exact) mass is 146 g/mol. The lowest BCUT2D eigenvalue weighted by Crippen LogP contribution is -2.30. The van der Waals surface area contributed by atoms with Gasteiger partial charge in [0.25, 0.3) is 0 Å². The molecule has 0 aromatic heterocycles. The molecule has 0 amide bonds. The van der Waals surface area contributed by atoms with Gasteiger partial charge < -0.3 is 19.4 Å². The molecule has 2 unspecified atom stereocenters. The highest BCUT2D eigenvalue weighted by atomic mass is 16.7. The summed E-state index contributed by atoms with van der Waals surface area (Å²) in [6.07, 6.45) is 0.286. The minimum atomic E-state index is -1.32. The van der Waals surface area contributed by atoms with Gasteiger partial charge in [-0.3, -0.25) is 0 Å². The van der Waals surface area contributed by atoms with E-state index in [1.807, 2.05) is 0 Å². The lowest BCUT2D eigenvalue weighted by Gasteiger charge is -2.09. The molecule has 0 aliphatic carbocycles. The number of carbonyl (C=O) groups is 1. The molecule has 1 heterocycles. The van der Waals surface area contributed by atoms with E-state index in [2.05, 4.69) is 0 Å². The third-order valence-corrected chi connectivity index (χ3v) is 1.52. The van der Waals surface area contributed by atoms with Gasteiger partial charge in [0.2, 0.25) is 0 Å². The van der Waals surface area contributed by atoms with Crippen LogP contribution in [0.4, 0.5) is 0 Å². The molecule has 0 bridgehead atoms. The number of aldehydes is 1. The molecule has 0 aromatic rings. The second-order valence-electron chi connectivity index (χ2n) is 2.40. The number of aliphatic hydroxyl groups is 1. The lowest BCUT2D eigenvalue weighted by molar-refractivity contribution is -0.123. The maximum atomic E-state index is 10.2. The minimum Gasteiger partial charge on any atom is -0.380 e. The summed E-state index contributed by atoms with van der Waals surface area (Å²) in [6.45, 7) is 0.0367. The van der Waals surface area contributed by atoms with E-state index in [4.69, 9.17) is 9.47 Å². The van der Waals surface area contributed by atoms with Crippen LogP contribution in [-0.2, 0) is 14.3 Å². The van der Waals surface area contributed by atoms with Crippen molar-refractivity contribution < 1.29 is 19.4 Å². The summed E-state index contributed by atoms with van der Waals surface area (Å²) in [7, 11) is 1.47. The van der Waals surface area contributed by atoms with Crippen molar-refractivity contribution in [3.05, 3.63) is 0 Å². The normalized spacial score (nSPS) is 40.0. The Morgan fingerprint density at radius 2 is 2.60 bits per heavy atom. The van der Waals surface area contributed by atoms with Crippen molar-refractivity contribution >= 4 is 6.29 Å². The van der Waals surface area contributed by atoms with Gasteiger partial charge >= 0.3 is 0 Å². The zero-order valence-electron chi connectivity index (χ0n) is 5.74. The molecule has 1 aliphatic heterocycles. The Labute approximate surface area is 58.7 Å². The molecular weight excluding hydrogens is 136 g/mol. The fraction of sp³-hybridized carbons (Fsp3) is 0.833. The molecule has 1 fully saturated rings. The first-order valence-electron chi connectivity index (χ1n) is 3.03. The molecule has 0 spiro atoms. The minimum absolute atomic E-state index is 0.0367. The van der Waals surface area contributed by atoms with Gasteiger partial charge in [0, 0.05) is 13.5 Å². The van der Waals surface area contributed by atoms with Gasteiger partial charge in [-0.25, -0.2) is 0 Å². The molecule has 1 saturated heterocycles. The number of rotatable bonds is 2. The first-order valence-corrected chi connectivity index (χ1v) is 3.03. The predicted octanol–water partition coefficient (Wildman–Crippen LogP) is -0.691. The van der Waals surface area contributed by atoms with Crippen molar-refractivity contribution in [3.8, 4) is 0 Å². The molecule has 4 heteroatoms. The molecule has 58 valence electrons. The summed E-state index contributed by atoms with van der Waals surface area (Å²) in [6, 6.07) is 0. The average molecular weight is 146 g/mol. The third kappa shape index (κ3) is 1.34. The fourth-order valence-corrected chi connectivity index (χ4v) is 0.877. The van der Waals surface area contributed by atoms with Crippen LogP contribution in [0.2, 0.25) is 0 Å². The maximum absolute atomic E-state index is 10.2. The molecule has 1 rings (SSSR count). The van der Waals surface area contributed by atoms with Gasteiger partial charge in [0.05, 0.1) is 6.61 Å². The Morgan fingerprint density at radius 3 is 2.90 bits per heavy atom. The van der Waals surface area contributed by atoms with Gasteiger partial charge in [-0.2, -0.15) is 0 Å². The maximum Gasteiger partial charge on any atom is 0.160 e. The van der Waals surface area contributed by atoms with Gasteiger partial charge in [-0.15, -0.1) is 0 Å². The summed E-state index contributed by atoms with van der Waals surface area (Å²) in [5, 5.41) is 9.23. The smallest absolute Gasteiger partial charge is 0.160 e. The number of hydrogen-bond donors (Lipinski definition) is 1. The zero-order valence-corrected chi connectivity index (χ0v) is 5.74. The molecule has 4 nitrogen and oxygen atoms in total. The highest BCUT2D eigenvalue weighted by molar-refractivity contribution is 5.62. The highest BCUT2D eigenvalue weighted by Gasteiger charge is 2.38. The van der Waals surface area contributed by atoms with Gasteiger partial charge in [-0.05, 0) is 0 Å². The fourth-order valence-electron chi connectivity index (χ4n) is 0.877. The van der Waals surface area contributed by atoms with Gasteiger partial charge in [-0.1, -0.05) is 0 Å². The first-order chi connectivity index (χ1) is 4.70. The molecule has 1 N–H and O–H groups in total.